The Kier molecular flexibility index (Phi) is 5.49. The van der Waals surface area contributed by atoms with Crippen LogP contribution in [0.4, 0.5) is 11.5 Å². The van der Waals surface area contributed by atoms with E-state index in [9.17, 15) is 4.79 Å². The Balaban J connectivity index is 1.63. The molecule has 1 amide bonds. The lowest BCUT2D eigenvalue weighted by molar-refractivity contribution is -0.113. The van der Waals surface area contributed by atoms with Gasteiger partial charge in [0.15, 0.2) is 0 Å². The van der Waals surface area contributed by atoms with Crippen LogP contribution in [0.5, 0.6) is 0 Å². The Labute approximate surface area is 160 Å². The third kappa shape index (κ3) is 4.34. The van der Waals surface area contributed by atoms with Crippen LogP contribution in [0, 0.1) is 0 Å². The first-order valence-electron chi connectivity index (χ1n) is 8.81. The molecule has 1 aliphatic heterocycles. The van der Waals surface area contributed by atoms with Gasteiger partial charge >= 0.3 is 0 Å². The summed E-state index contributed by atoms with van der Waals surface area (Å²) in [5.74, 6) is 0.740. The fraction of sp³-hybridized carbons (Fsp3) is 0.300. The van der Waals surface area contributed by atoms with Gasteiger partial charge in [0.2, 0.25) is 0 Å². The summed E-state index contributed by atoms with van der Waals surface area (Å²) in [4.78, 5) is 18.9. The SMILES string of the molecule is C[Si](C)(C)c1ccc(NC(=O)C2=CCN(c3ncccc3Cl)CC2)cc1. The molecule has 136 valence electrons. The molecule has 4 nitrogen and oxygen atoms in total. The topological polar surface area (TPSA) is 45.2 Å². The van der Waals surface area contributed by atoms with Crippen LogP contribution < -0.4 is 15.4 Å². The maximum Gasteiger partial charge on any atom is 0.251 e. The molecule has 1 aliphatic rings. The Morgan fingerprint density at radius 1 is 1.19 bits per heavy atom. The molecule has 0 unspecified atom stereocenters. The fourth-order valence-corrected chi connectivity index (χ4v) is 4.35. The number of nitrogens with one attached hydrogen (secondary N) is 1. The molecule has 0 saturated heterocycles. The van der Waals surface area contributed by atoms with Crippen molar-refractivity contribution < 1.29 is 4.79 Å². The number of amides is 1. The largest absolute Gasteiger partial charge is 0.351 e. The summed E-state index contributed by atoms with van der Waals surface area (Å²) >= 11 is 6.21. The molecule has 0 spiro atoms. The standard InChI is InChI=1S/C20H24ClN3OSi/c1-26(2,3)17-8-6-16(7-9-17)23-20(25)15-10-13-24(14-11-15)19-18(21)5-4-12-22-19/h4-10,12H,11,13-14H2,1-3H3,(H,23,25). The highest BCUT2D eigenvalue weighted by atomic mass is 35.5. The number of carbonyl (C=O) groups is 1. The predicted molar refractivity (Wildman–Crippen MR) is 112 cm³/mol. The van der Waals surface area contributed by atoms with Crippen molar-refractivity contribution in [1.29, 1.82) is 0 Å². The Morgan fingerprint density at radius 3 is 2.50 bits per heavy atom. The van der Waals surface area contributed by atoms with Crippen molar-refractivity contribution in [2.75, 3.05) is 23.3 Å². The average Bonchev–Trinajstić information content (AvgIpc) is 2.62. The summed E-state index contributed by atoms with van der Waals surface area (Å²) < 4.78 is 0. The van der Waals surface area contributed by atoms with Crippen LogP contribution in [0.3, 0.4) is 0 Å². The molecule has 0 radical (unpaired) electrons. The van der Waals surface area contributed by atoms with Crippen LogP contribution in [0.15, 0.2) is 54.2 Å². The minimum absolute atomic E-state index is 0.0301. The van der Waals surface area contributed by atoms with E-state index in [2.05, 4.69) is 47.0 Å². The summed E-state index contributed by atoms with van der Waals surface area (Å²) in [5.41, 5.74) is 1.65. The van der Waals surface area contributed by atoms with E-state index in [1.807, 2.05) is 30.3 Å². The van der Waals surface area contributed by atoms with E-state index in [1.165, 1.54) is 5.19 Å². The molecular weight excluding hydrogens is 362 g/mol. The van der Waals surface area contributed by atoms with Crippen LogP contribution >= 0.6 is 11.6 Å². The zero-order chi connectivity index (χ0) is 18.7. The first kappa shape index (κ1) is 18.7. The van der Waals surface area contributed by atoms with Gasteiger partial charge in [0, 0.05) is 30.5 Å². The summed E-state index contributed by atoms with van der Waals surface area (Å²) in [5, 5.41) is 5.02. The molecule has 0 fully saturated rings. The first-order chi connectivity index (χ1) is 12.3. The van der Waals surface area contributed by atoms with Crippen LogP contribution in [-0.4, -0.2) is 32.1 Å². The van der Waals surface area contributed by atoms with E-state index < -0.39 is 8.07 Å². The van der Waals surface area contributed by atoms with Crippen LogP contribution in [0.1, 0.15) is 6.42 Å². The van der Waals surface area contributed by atoms with Gasteiger partial charge in [-0.1, -0.05) is 54.6 Å². The second-order valence-electron chi connectivity index (χ2n) is 7.52. The molecule has 2 heterocycles. The summed E-state index contributed by atoms with van der Waals surface area (Å²) in [6.07, 6.45) is 4.36. The van der Waals surface area contributed by atoms with Gasteiger partial charge in [-0.2, -0.15) is 0 Å². The van der Waals surface area contributed by atoms with Crippen molar-refractivity contribution in [1.82, 2.24) is 4.98 Å². The molecule has 1 N–H and O–H groups in total. The fourth-order valence-electron chi connectivity index (χ4n) is 2.94. The van der Waals surface area contributed by atoms with Crippen molar-refractivity contribution in [3.63, 3.8) is 0 Å². The number of aromatic nitrogens is 1. The lowest BCUT2D eigenvalue weighted by Gasteiger charge is -2.27. The van der Waals surface area contributed by atoms with Gasteiger partial charge in [-0.05, 0) is 30.7 Å². The number of pyridine rings is 1. The summed E-state index contributed by atoms with van der Waals surface area (Å²) in [6.45, 7) is 8.30. The molecule has 26 heavy (non-hydrogen) atoms. The van der Waals surface area contributed by atoms with Crippen molar-refractivity contribution in [3.05, 3.63) is 59.3 Å². The molecule has 0 bridgehead atoms. The quantitative estimate of drug-likeness (QED) is 0.807. The highest BCUT2D eigenvalue weighted by Crippen LogP contribution is 2.25. The van der Waals surface area contributed by atoms with Gasteiger partial charge in [0.05, 0.1) is 13.1 Å². The number of benzene rings is 1. The van der Waals surface area contributed by atoms with Crippen LogP contribution in [0.25, 0.3) is 0 Å². The lowest BCUT2D eigenvalue weighted by Crippen LogP contribution is -2.37. The normalized spacial score (nSPS) is 14.8. The van der Waals surface area contributed by atoms with Gasteiger partial charge in [0.25, 0.3) is 5.91 Å². The Morgan fingerprint density at radius 2 is 1.92 bits per heavy atom. The summed E-state index contributed by atoms with van der Waals surface area (Å²) in [7, 11) is -1.32. The number of nitrogens with zero attached hydrogens (tertiary/aromatic N) is 2. The molecule has 0 atom stereocenters. The zero-order valence-corrected chi connectivity index (χ0v) is 17.2. The number of hydrogen-bond donors (Lipinski definition) is 1. The van der Waals surface area contributed by atoms with Gasteiger partial charge < -0.3 is 10.2 Å². The van der Waals surface area contributed by atoms with Gasteiger partial charge in [-0.15, -0.1) is 0 Å². The van der Waals surface area contributed by atoms with Crippen LogP contribution in [-0.2, 0) is 4.79 Å². The van der Waals surface area contributed by atoms with E-state index in [4.69, 9.17) is 11.6 Å². The number of anilines is 2. The molecule has 6 heteroatoms. The molecule has 0 saturated carbocycles. The van der Waals surface area contributed by atoms with Gasteiger partial charge in [0.1, 0.15) is 5.82 Å². The smallest absolute Gasteiger partial charge is 0.251 e. The average molecular weight is 386 g/mol. The zero-order valence-electron chi connectivity index (χ0n) is 15.4. The molecule has 0 aliphatic carbocycles. The van der Waals surface area contributed by atoms with E-state index in [1.54, 1.807) is 6.20 Å². The number of halogens is 1. The second-order valence-corrected chi connectivity index (χ2v) is 13.0. The van der Waals surface area contributed by atoms with E-state index >= 15 is 0 Å². The Bertz CT molecular complexity index is 828. The van der Waals surface area contributed by atoms with Crippen LogP contribution in [0.2, 0.25) is 24.7 Å². The van der Waals surface area contributed by atoms with E-state index in [-0.39, 0.29) is 5.91 Å². The number of carbonyl (C=O) groups excluding carboxylic acids is 1. The maximum absolute atomic E-state index is 12.5. The lowest BCUT2D eigenvalue weighted by atomic mass is 10.1. The summed E-state index contributed by atoms with van der Waals surface area (Å²) in [6, 6.07) is 11.9. The third-order valence-corrected chi connectivity index (χ3v) is 6.91. The second kappa shape index (κ2) is 7.64. The third-order valence-electron chi connectivity index (χ3n) is 4.55. The molecule has 3 rings (SSSR count). The van der Waals surface area contributed by atoms with Gasteiger partial charge in [-0.3, -0.25) is 4.79 Å². The first-order valence-corrected chi connectivity index (χ1v) is 12.7. The van der Waals surface area contributed by atoms with Crippen molar-refractivity contribution in [2.24, 2.45) is 0 Å². The molecule has 1 aromatic heterocycles. The van der Waals surface area contributed by atoms with Gasteiger partial charge in [-0.25, -0.2) is 4.98 Å². The predicted octanol–water partition coefficient (Wildman–Crippen LogP) is 4.06. The molecule has 2 aromatic rings. The highest BCUT2D eigenvalue weighted by Gasteiger charge is 2.20. The maximum atomic E-state index is 12.5. The van der Waals surface area contributed by atoms with E-state index in [0.717, 1.165) is 23.6 Å². The monoisotopic (exact) mass is 385 g/mol. The number of hydrogen-bond acceptors (Lipinski definition) is 3. The van der Waals surface area contributed by atoms with Crippen molar-refractivity contribution in [2.45, 2.75) is 26.1 Å². The number of rotatable bonds is 4. The van der Waals surface area contributed by atoms with Crippen molar-refractivity contribution in [3.8, 4) is 0 Å². The van der Waals surface area contributed by atoms with Crippen molar-refractivity contribution >= 4 is 42.3 Å². The highest BCUT2D eigenvalue weighted by molar-refractivity contribution is 6.88. The minimum Gasteiger partial charge on any atom is -0.351 e. The van der Waals surface area contributed by atoms with E-state index in [0.29, 0.717) is 18.0 Å². The minimum atomic E-state index is -1.32. The Hall–Kier alpha value is -2.11. The molecular formula is C20H24ClN3OSi. The molecule has 1 aromatic carbocycles.